The highest BCUT2D eigenvalue weighted by Gasteiger charge is 2.37. The molecule has 0 unspecified atom stereocenters. The first-order chi connectivity index (χ1) is 27.0. The van der Waals surface area contributed by atoms with Crippen LogP contribution >= 0.6 is 0 Å². The average molecular weight is 820 g/mol. The second kappa shape index (κ2) is 24.8. The number of esters is 1. The zero-order chi connectivity index (χ0) is 44.3. The molecule has 328 valence electrons. The predicted octanol–water partition coefficient (Wildman–Crippen LogP) is 1.85. The van der Waals surface area contributed by atoms with Crippen molar-refractivity contribution in [2.45, 2.75) is 150 Å². The first-order valence-electron chi connectivity index (χ1n) is 19.9. The zero-order valence-electron chi connectivity index (χ0n) is 35.8. The predicted molar refractivity (Wildman–Crippen MR) is 219 cm³/mol. The lowest BCUT2D eigenvalue weighted by Crippen LogP contribution is -2.61. The quantitative estimate of drug-likeness (QED) is 0.0535. The molecule has 1 aromatic carbocycles. The van der Waals surface area contributed by atoms with Gasteiger partial charge in [0, 0.05) is 6.54 Å². The molecule has 0 bridgehead atoms. The van der Waals surface area contributed by atoms with E-state index in [1.54, 1.807) is 65.8 Å². The van der Waals surface area contributed by atoms with Crippen LogP contribution in [0.25, 0.3) is 0 Å². The summed E-state index contributed by atoms with van der Waals surface area (Å²) in [6.07, 6.45) is -2.70. The lowest BCUT2D eigenvalue weighted by atomic mass is 9.96. The molecule has 17 nitrogen and oxygen atoms in total. The van der Waals surface area contributed by atoms with E-state index in [1.165, 1.54) is 6.92 Å². The summed E-state index contributed by atoms with van der Waals surface area (Å²) >= 11 is 0. The molecule has 0 aliphatic carbocycles. The third-order valence-corrected chi connectivity index (χ3v) is 9.03. The number of aliphatic hydroxyl groups excluding tert-OH is 2. The molecule has 0 fully saturated rings. The van der Waals surface area contributed by atoms with Crippen molar-refractivity contribution in [2.24, 2.45) is 23.5 Å². The van der Waals surface area contributed by atoms with Crippen LogP contribution in [0.4, 0.5) is 4.79 Å². The normalized spacial score (nSPS) is 15.6. The van der Waals surface area contributed by atoms with Crippen molar-refractivity contribution in [1.82, 2.24) is 31.9 Å². The fourth-order valence-electron chi connectivity index (χ4n) is 5.58. The molecule has 0 aliphatic heterocycles. The van der Waals surface area contributed by atoms with E-state index in [2.05, 4.69) is 38.5 Å². The largest absolute Gasteiger partial charge is 0.459 e. The SMILES string of the molecule is C=C(N)NCCC[C@@H](NC(=O)[C@H](CC(C)C)NC(=O)[C@@H](NC(=O)OC(C)(C)C)[C@H](O)C(C)C)C(=O)N[C@H](C(=O)N[C@H](C(=O)OCc1ccccc1)[C@H](C)O)[C@@H](C)CC. The summed E-state index contributed by atoms with van der Waals surface area (Å²) in [6, 6.07) is 2.29. The van der Waals surface area contributed by atoms with Crippen molar-refractivity contribution in [3.8, 4) is 0 Å². The topological polar surface area (TPSA) is 260 Å². The Kier molecular flexibility index (Phi) is 21.8. The van der Waals surface area contributed by atoms with Gasteiger partial charge in [-0.3, -0.25) is 19.2 Å². The Morgan fingerprint density at radius 3 is 1.84 bits per heavy atom. The van der Waals surface area contributed by atoms with Gasteiger partial charge in [-0.15, -0.1) is 0 Å². The summed E-state index contributed by atoms with van der Waals surface area (Å²) in [5.41, 5.74) is 5.46. The maximum atomic E-state index is 14.0. The maximum absolute atomic E-state index is 14.0. The summed E-state index contributed by atoms with van der Waals surface area (Å²) < 4.78 is 10.7. The van der Waals surface area contributed by atoms with Crippen LogP contribution in [0.1, 0.15) is 100 Å². The van der Waals surface area contributed by atoms with E-state index >= 15 is 0 Å². The van der Waals surface area contributed by atoms with Crippen LogP contribution in [0.3, 0.4) is 0 Å². The van der Waals surface area contributed by atoms with Gasteiger partial charge in [-0.25, -0.2) is 9.59 Å². The molecule has 0 saturated carbocycles. The molecule has 1 rings (SSSR count). The van der Waals surface area contributed by atoms with Gasteiger partial charge in [-0.1, -0.05) is 84.9 Å². The van der Waals surface area contributed by atoms with Crippen molar-refractivity contribution in [1.29, 1.82) is 0 Å². The number of carbonyl (C=O) groups excluding carboxylic acids is 6. The molecular weight excluding hydrogens is 750 g/mol. The van der Waals surface area contributed by atoms with Crippen LogP contribution < -0.4 is 37.6 Å². The zero-order valence-corrected chi connectivity index (χ0v) is 35.8. The van der Waals surface area contributed by atoms with E-state index in [4.69, 9.17) is 15.2 Å². The second-order valence-electron chi connectivity index (χ2n) is 16.4. The minimum atomic E-state index is -1.48. The molecule has 5 amide bonds. The minimum Gasteiger partial charge on any atom is -0.459 e. The number of aliphatic hydroxyl groups is 2. The molecule has 8 atom stereocenters. The number of ether oxygens (including phenoxy) is 2. The molecule has 10 N–H and O–H groups in total. The number of nitrogens with one attached hydrogen (secondary N) is 6. The van der Waals surface area contributed by atoms with Gasteiger partial charge in [0.2, 0.25) is 23.6 Å². The summed E-state index contributed by atoms with van der Waals surface area (Å²) in [4.78, 5) is 81.1. The van der Waals surface area contributed by atoms with Gasteiger partial charge in [-0.05, 0) is 70.3 Å². The van der Waals surface area contributed by atoms with Crippen LogP contribution in [0.15, 0.2) is 42.7 Å². The lowest BCUT2D eigenvalue weighted by molar-refractivity contribution is -0.152. The van der Waals surface area contributed by atoms with Gasteiger partial charge >= 0.3 is 12.1 Å². The highest BCUT2D eigenvalue weighted by molar-refractivity contribution is 5.96. The highest BCUT2D eigenvalue weighted by atomic mass is 16.6. The molecule has 0 aliphatic rings. The second-order valence-corrected chi connectivity index (χ2v) is 16.4. The van der Waals surface area contributed by atoms with E-state index in [0.717, 1.165) is 0 Å². The number of hydrogen-bond donors (Lipinski definition) is 9. The highest BCUT2D eigenvalue weighted by Crippen LogP contribution is 2.15. The van der Waals surface area contributed by atoms with E-state index in [9.17, 15) is 39.0 Å². The number of hydrogen-bond acceptors (Lipinski definition) is 12. The smallest absolute Gasteiger partial charge is 0.408 e. The molecule has 0 saturated heterocycles. The molecule has 0 spiro atoms. The van der Waals surface area contributed by atoms with Crippen molar-refractivity contribution in [3.05, 3.63) is 48.3 Å². The van der Waals surface area contributed by atoms with Gasteiger partial charge in [0.15, 0.2) is 6.04 Å². The molecule has 0 heterocycles. The Morgan fingerprint density at radius 1 is 0.776 bits per heavy atom. The van der Waals surface area contributed by atoms with E-state index < -0.39 is 95.5 Å². The first-order valence-corrected chi connectivity index (χ1v) is 19.9. The van der Waals surface area contributed by atoms with E-state index in [0.29, 0.717) is 24.9 Å². The summed E-state index contributed by atoms with van der Waals surface area (Å²) in [6.45, 7) is 20.6. The summed E-state index contributed by atoms with van der Waals surface area (Å²) in [7, 11) is 0. The standard InChI is InChI=1S/C41H69N7O10/c1-12-25(6)31(37(53)47-32(26(7)49)39(55)57-22-28-17-14-13-15-18-28)46-35(51)29(19-16-20-43-27(8)42)44-36(52)30(21-23(2)3)45-38(54)33(34(50)24(4)5)48-40(56)58-41(9,10)11/h13-15,17-18,23-26,29-34,43,49-50H,8,12,16,19-22,42H2,1-7,9-11H3,(H,44,52)(H,45,54)(H,46,51)(H,47,53)(H,48,56)/t25-,26-,29+,30-,31-,32-,33-,34+/m0/s1. The van der Waals surface area contributed by atoms with Crippen molar-refractivity contribution in [3.63, 3.8) is 0 Å². The van der Waals surface area contributed by atoms with Gasteiger partial charge in [0.1, 0.15) is 36.4 Å². The number of benzene rings is 1. The number of amides is 5. The molecule has 17 heteroatoms. The summed E-state index contributed by atoms with van der Waals surface area (Å²) in [5, 5.41) is 37.3. The molecular formula is C41H69N7O10. The lowest BCUT2D eigenvalue weighted by Gasteiger charge is -2.31. The molecule has 0 radical (unpaired) electrons. The van der Waals surface area contributed by atoms with Crippen molar-refractivity contribution < 1.29 is 48.5 Å². The van der Waals surface area contributed by atoms with Crippen LogP contribution in [-0.4, -0.2) is 100 Å². The Labute approximate surface area is 343 Å². The number of rotatable bonds is 24. The first kappa shape index (κ1) is 51.1. The van der Waals surface area contributed by atoms with Crippen LogP contribution in [0.5, 0.6) is 0 Å². The van der Waals surface area contributed by atoms with Crippen molar-refractivity contribution in [2.75, 3.05) is 6.54 Å². The van der Waals surface area contributed by atoms with Gasteiger partial charge in [0.05, 0.1) is 18.0 Å². The Balaban J connectivity index is 3.37. The number of nitrogens with two attached hydrogens (primary N) is 1. The van der Waals surface area contributed by atoms with Gasteiger partial charge < -0.3 is 57.3 Å². The Hall–Kier alpha value is -4.90. The minimum absolute atomic E-state index is 0.0615. The molecule has 1 aromatic rings. The van der Waals surface area contributed by atoms with E-state index in [-0.39, 0.29) is 31.2 Å². The van der Waals surface area contributed by atoms with Crippen LogP contribution in [0, 0.1) is 17.8 Å². The van der Waals surface area contributed by atoms with Crippen molar-refractivity contribution >= 4 is 35.7 Å². The molecule has 0 aromatic heterocycles. The fraction of sp³-hybridized carbons (Fsp3) is 0.659. The Bertz CT molecular complexity index is 1500. The third-order valence-electron chi connectivity index (χ3n) is 9.03. The number of carbonyl (C=O) groups is 6. The van der Waals surface area contributed by atoms with Gasteiger partial charge in [-0.2, -0.15) is 0 Å². The summed E-state index contributed by atoms with van der Waals surface area (Å²) in [5.74, 6) is -4.79. The Morgan fingerprint density at radius 2 is 1.33 bits per heavy atom. The monoisotopic (exact) mass is 820 g/mol. The van der Waals surface area contributed by atoms with Crippen LogP contribution in [-0.2, 0) is 40.1 Å². The van der Waals surface area contributed by atoms with E-state index in [1.807, 2.05) is 26.8 Å². The fourth-order valence-corrected chi connectivity index (χ4v) is 5.58. The van der Waals surface area contributed by atoms with Gasteiger partial charge in [0.25, 0.3) is 0 Å². The average Bonchev–Trinajstić information content (AvgIpc) is 3.13. The van der Waals surface area contributed by atoms with Crippen LogP contribution in [0.2, 0.25) is 0 Å². The number of alkyl carbamates (subject to hydrolysis) is 1. The molecule has 58 heavy (non-hydrogen) atoms. The maximum Gasteiger partial charge on any atom is 0.408 e. The third kappa shape index (κ3) is 19.0.